The maximum atomic E-state index is 13.2. The van der Waals surface area contributed by atoms with Gasteiger partial charge in [-0.25, -0.2) is 4.39 Å². The van der Waals surface area contributed by atoms with Crippen molar-refractivity contribution in [3.05, 3.63) is 35.1 Å². The van der Waals surface area contributed by atoms with Crippen LogP contribution in [0.5, 0.6) is 0 Å². The molecule has 1 atom stereocenters. The second kappa shape index (κ2) is 6.49. The van der Waals surface area contributed by atoms with Crippen LogP contribution in [0.15, 0.2) is 18.2 Å². The summed E-state index contributed by atoms with van der Waals surface area (Å²) in [6, 6.07) is 5.85. The fourth-order valence-corrected chi connectivity index (χ4v) is 3.27. The van der Waals surface area contributed by atoms with Crippen molar-refractivity contribution < 1.29 is 4.39 Å². The average Bonchev–Trinajstić information content (AvgIpc) is 2.42. The molecule has 1 aromatic rings. The van der Waals surface area contributed by atoms with Gasteiger partial charge in [-0.15, -0.1) is 0 Å². The minimum atomic E-state index is -0.169. The monoisotopic (exact) mass is 264 g/mol. The second-order valence-corrected chi connectivity index (χ2v) is 5.71. The number of rotatable bonds is 4. The highest BCUT2D eigenvalue weighted by Crippen LogP contribution is 2.30. The third-order valence-corrected chi connectivity index (χ3v) is 4.46. The number of likely N-dealkylation sites (N-methyl/N-ethyl adjacent to an activating group) is 1. The standard InChI is InChI=1S/C16H25FN2/c1-12-10-13(17)8-9-15(12)16(11-18)19(2)14-6-4-3-5-7-14/h8-10,14,16H,3-7,11,18H2,1-2H3. The molecule has 1 fully saturated rings. The van der Waals surface area contributed by atoms with Gasteiger partial charge in [-0.3, -0.25) is 4.90 Å². The minimum Gasteiger partial charge on any atom is -0.329 e. The Hall–Kier alpha value is -0.930. The van der Waals surface area contributed by atoms with Crippen LogP contribution in [0.1, 0.15) is 49.3 Å². The summed E-state index contributed by atoms with van der Waals surface area (Å²) in [7, 11) is 2.16. The maximum Gasteiger partial charge on any atom is 0.123 e. The minimum absolute atomic E-state index is 0.169. The smallest absolute Gasteiger partial charge is 0.123 e. The first kappa shape index (κ1) is 14.5. The molecule has 1 unspecified atom stereocenters. The van der Waals surface area contributed by atoms with Crippen LogP contribution in [-0.4, -0.2) is 24.5 Å². The zero-order valence-electron chi connectivity index (χ0n) is 12.0. The number of hydrogen-bond donors (Lipinski definition) is 1. The Morgan fingerprint density at radius 3 is 2.58 bits per heavy atom. The molecule has 0 spiro atoms. The summed E-state index contributed by atoms with van der Waals surface area (Å²) < 4.78 is 13.2. The van der Waals surface area contributed by atoms with Crippen molar-refractivity contribution in [2.24, 2.45) is 5.73 Å². The molecule has 3 heteroatoms. The highest BCUT2D eigenvalue weighted by atomic mass is 19.1. The average molecular weight is 264 g/mol. The van der Waals surface area contributed by atoms with Crippen LogP contribution in [0.3, 0.4) is 0 Å². The molecule has 0 saturated heterocycles. The van der Waals surface area contributed by atoms with Gasteiger partial charge < -0.3 is 5.73 Å². The fourth-order valence-electron chi connectivity index (χ4n) is 3.27. The number of hydrogen-bond acceptors (Lipinski definition) is 2. The second-order valence-electron chi connectivity index (χ2n) is 5.71. The molecule has 2 nitrogen and oxygen atoms in total. The highest BCUT2D eigenvalue weighted by molar-refractivity contribution is 5.30. The summed E-state index contributed by atoms with van der Waals surface area (Å²) in [5.41, 5.74) is 8.15. The van der Waals surface area contributed by atoms with Crippen molar-refractivity contribution in [2.75, 3.05) is 13.6 Å². The fraction of sp³-hybridized carbons (Fsp3) is 0.625. The Kier molecular flexibility index (Phi) is 4.94. The summed E-state index contributed by atoms with van der Waals surface area (Å²) in [6.07, 6.45) is 6.50. The predicted octanol–water partition coefficient (Wildman–Crippen LogP) is 3.40. The molecule has 19 heavy (non-hydrogen) atoms. The number of aryl methyl sites for hydroxylation is 1. The summed E-state index contributed by atoms with van der Waals surface area (Å²) in [5.74, 6) is -0.169. The van der Waals surface area contributed by atoms with Gasteiger partial charge >= 0.3 is 0 Å². The SMILES string of the molecule is Cc1cc(F)ccc1C(CN)N(C)C1CCCCC1. The molecule has 1 aliphatic rings. The van der Waals surface area contributed by atoms with Crippen molar-refractivity contribution in [3.8, 4) is 0 Å². The van der Waals surface area contributed by atoms with Gasteiger partial charge in [-0.05, 0) is 50.1 Å². The van der Waals surface area contributed by atoms with Gasteiger partial charge in [-0.2, -0.15) is 0 Å². The van der Waals surface area contributed by atoms with Crippen molar-refractivity contribution >= 4 is 0 Å². The first-order chi connectivity index (χ1) is 9.13. The van der Waals surface area contributed by atoms with E-state index < -0.39 is 0 Å². The van der Waals surface area contributed by atoms with Crippen molar-refractivity contribution in [1.29, 1.82) is 0 Å². The van der Waals surface area contributed by atoms with E-state index in [1.807, 2.05) is 13.0 Å². The third kappa shape index (κ3) is 3.34. The van der Waals surface area contributed by atoms with Crippen LogP contribution in [0.4, 0.5) is 4.39 Å². The summed E-state index contributed by atoms with van der Waals surface area (Å²) in [6.45, 7) is 2.55. The topological polar surface area (TPSA) is 29.3 Å². The molecule has 1 aliphatic carbocycles. The van der Waals surface area contributed by atoms with E-state index in [4.69, 9.17) is 5.73 Å². The summed E-state index contributed by atoms with van der Waals surface area (Å²) >= 11 is 0. The van der Waals surface area contributed by atoms with E-state index in [1.54, 1.807) is 12.1 Å². The van der Waals surface area contributed by atoms with E-state index in [-0.39, 0.29) is 11.9 Å². The van der Waals surface area contributed by atoms with Crippen molar-refractivity contribution in [3.63, 3.8) is 0 Å². The quantitative estimate of drug-likeness (QED) is 0.903. The molecule has 0 heterocycles. The first-order valence-electron chi connectivity index (χ1n) is 7.31. The molecule has 2 rings (SSSR count). The Morgan fingerprint density at radius 2 is 2.00 bits per heavy atom. The molecular weight excluding hydrogens is 239 g/mol. The molecule has 106 valence electrons. The zero-order valence-corrected chi connectivity index (χ0v) is 12.0. The van der Waals surface area contributed by atoms with Gasteiger partial charge in [0.25, 0.3) is 0 Å². The van der Waals surface area contributed by atoms with E-state index in [0.717, 1.165) is 11.1 Å². The van der Waals surface area contributed by atoms with E-state index >= 15 is 0 Å². The molecular formula is C16H25FN2. The lowest BCUT2D eigenvalue weighted by Gasteiger charge is -2.37. The number of benzene rings is 1. The third-order valence-electron chi connectivity index (χ3n) is 4.46. The van der Waals surface area contributed by atoms with E-state index in [0.29, 0.717) is 12.6 Å². The number of halogens is 1. The molecule has 1 aromatic carbocycles. The Morgan fingerprint density at radius 1 is 1.32 bits per heavy atom. The Balaban J connectivity index is 2.18. The van der Waals surface area contributed by atoms with E-state index in [1.165, 1.54) is 32.1 Å². The van der Waals surface area contributed by atoms with Crippen LogP contribution in [-0.2, 0) is 0 Å². The molecule has 0 aromatic heterocycles. The van der Waals surface area contributed by atoms with Gasteiger partial charge in [0.1, 0.15) is 5.82 Å². The summed E-state index contributed by atoms with van der Waals surface area (Å²) in [4.78, 5) is 2.40. The lowest BCUT2D eigenvalue weighted by molar-refractivity contribution is 0.140. The lowest BCUT2D eigenvalue weighted by atomic mass is 9.91. The van der Waals surface area contributed by atoms with Gasteiger partial charge in [0.05, 0.1) is 0 Å². The maximum absolute atomic E-state index is 13.2. The molecule has 0 bridgehead atoms. The van der Waals surface area contributed by atoms with Crippen LogP contribution < -0.4 is 5.73 Å². The number of nitrogens with two attached hydrogens (primary N) is 1. The van der Waals surface area contributed by atoms with Gasteiger partial charge in [-0.1, -0.05) is 25.3 Å². The molecule has 1 saturated carbocycles. The van der Waals surface area contributed by atoms with Gasteiger partial charge in [0.15, 0.2) is 0 Å². The van der Waals surface area contributed by atoms with Crippen LogP contribution >= 0.6 is 0 Å². The predicted molar refractivity (Wildman–Crippen MR) is 77.6 cm³/mol. The normalized spacial score (nSPS) is 18.8. The van der Waals surface area contributed by atoms with E-state index in [9.17, 15) is 4.39 Å². The molecule has 2 N–H and O–H groups in total. The van der Waals surface area contributed by atoms with Crippen molar-refractivity contribution in [2.45, 2.75) is 51.1 Å². The lowest BCUT2D eigenvalue weighted by Crippen LogP contribution is -2.40. The van der Waals surface area contributed by atoms with Crippen LogP contribution in [0.2, 0.25) is 0 Å². The van der Waals surface area contributed by atoms with Gasteiger partial charge in [0, 0.05) is 18.6 Å². The van der Waals surface area contributed by atoms with Crippen LogP contribution in [0.25, 0.3) is 0 Å². The Labute approximate surface area is 115 Å². The number of nitrogens with zero attached hydrogens (tertiary/aromatic N) is 1. The van der Waals surface area contributed by atoms with E-state index in [2.05, 4.69) is 11.9 Å². The van der Waals surface area contributed by atoms with Crippen LogP contribution in [0, 0.1) is 12.7 Å². The molecule has 0 amide bonds. The molecule has 0 radical (unpaired) electrons. The first-order valence-corrected chi connectivity index (χ1v) is 7.31. The summed E-state index contributed by atoms with van der Waals surface area (Å²) in [5, 5.41) is 0. The zero-order chi connectivity index (χ0) is 13.8. The largest absolute Gasteiger partial charge is 0.329 e. The van der Waals surface area contributed by atoms with Gasteiger partial charge in [0.2, 0.25) is 0 Å². The molecule has 0 aliphatic heterocycles. The Bertz CT molecular complexity index is 413. The highest BCUT2D eigenvalue weighted by Gasteiger charge is 2.25. The van der Waals surface area contributed by atoms with Crippen molar-refractivity contribution in [1.82, 2.24) is 4.90 Å².